The topological polar surface area (TPSA) is 104 Å². The summed E-state index contributed by atoms with van der Waals surface area (Å²) in [6, 6.07) is 6.44. The van der Waals surface area contributed by atoms with Crippen LogP contribution in [0.2, 0.25) is 0 Å². The molecule has 1 aliphatic rings. The van der Waals surface area contributed by atoms with Crippen LogP contribution in [0.5, 0.6) is 5.88 Å². The molecule has 0 saturated heterocycles. The summed E-state index contributed by atoms with van der Waals surface area (Å²) >= 11 is 0. The number of amides is 1. The molecular formula is C18H21N3O4. The lowest BCUT2D eigenvalue weighted by Gasteiger charge is -2.38. The summed E-state index contributed by atoms with van der Waals surface area (Å²) in [6.45, 7) is 1.75. The molecule has 1 saturated carbocycles. The summed E-state index contributed by atoms with van der Waals surface area (Å²) in [6.07, 6.45) is 2.49. The molecule has 3 rings (SSSR count). The summed E-state index contributed by atoms with van der Waals surface area (Å²) in [5.41, 5.74) is 1.16. The van der Waals surface area contributed by atoms with Crippen molar-refractivity contribution in [2.75, 3.05) is 7.11 Å². The number of pyridine rings is 2. The molecule has 2 aromatic rings. The summed E-state index contributed by atoms with van der Waals surface area (Å²) in [7, 11) is 1.53. The Hall–Kier alpha value is -2.67. The molecule has 2 heterocycles. The van der Waals surface area contributed by atoms with Gasteiger partial charge in [-0.15, -0.1) is 0 Å². The van der Waals surface area contributed by atoms with Crippen molar-refractivity contribution in [3.63, 3.8) is 0 Å². The van der Waals surface area contributed by atoms with Crippen molar-refractivity contribution in [3.05, 3.63) is 57.6 Å². The summed E-state index contributed by atoms with van der Waals surface area (Å²) in [5, 5.41) is 12.5. The Morgan fingerprint density at radius 2 is 2.12 bits per heavy atom. The van der Waals surface area contributed by atoms with Crippen LogP contribution in [0.1, 0.15) is 40.5 Å². The number of carbonyl (C=O) groups is 1. The smallest absolute Gasteiger partial charge is 0.260 e. The fourth-order valence-electron chi connectivity index (χ4n) is 3.04. The number of methoxy groups -OCH3 is 1. The normalized spacial score (nSPS) is 20.4. The lowest BCUT2D eigenvalue weighted by atomic mass is 9.75. The van der Waals surface area contributed by atoms with Crippen molar-refractivity contribution in [1.29, 1.82) is 0 Å². The first kappa shape index (κ1) is 17.2. The third-order valence-corrected chi connectivity index (χ3v) is 4.54. The van der Waals surface area contributed by atoms with E-state index in [0.29, 0.717) is 24.4 Å². The second-order valence-electron chi connectivity index (χ2n) is 6.35. The Bertz CT molecular complexity index is 810. The molecule has 7 heteroatoms. The molecule has 3 N–H and O–H groups in total. The maximum absolute atomic E-state index is 12.6. The van der Waals surface area contributed by atoms with Gasteiger partial charge < -0.3 is 20.1 Å². The van der Waals surface area contributed by atoms with E-state index in [1.165, 1.54) is 13.2 Å². The van der Waals surface area contributed by atoms with E-state index in [4.69, 9.17) is 4.74 Å². The van der Waals surface area contributed by atoms with Crippen molar-refractivity contribution in [1.82, 2.24) is 15.3 Å². The highest BCUT2D eigenvalue weighted by atomic mass is 16.5. The SMILES string of the molecule is COc1ccc([C@@H](NC(=O)c2ccc(C)[nH]c2=O)C2CC(O)C2)cn1. The van der Waals surface area contributed by atoms with Crippen molar-refractivity contribution in [2.24, 2.45) is 5.92 Å². The van der Waals surface area contributed by atoms with Gasteiger partial charge in [0, 0.05) is 18.0 Å². The number of aromatic nitrogens is 2. The molecule has 0 spiro atoms. The molecule has 7 nitrogen and oxygen atoms in total. The quantitative estimate of drug-likeness (QED) is 0.760. The molecule has 2 aromatic heterocycles. The highest BCUT2D eigenvalue weighted by Gasteiger charge is 2.36. The van der Waals surface area contributed by atoms with E-state index in [9.17, 15) is 14.7 Å². The van der Waals surface area contributed by atoms with E-state index < -0.39 is 11.5 Å². The van der Waals surface area contributed by atoms with E-state index in [0.717, 1.165) is 5.56 Å². The highest BCUT2D eigenvalue weighted by Crippen LogP contribution is 2.38. The summed E-state index contributed by atoms with van der Waals surface area (Å²) < 4.78 is 5.06. The van der Waals surface area contributed by atoms with Gasteiger partial charge in [-0.05, 0) is 43.4 Å². The van der Waals surface area contributed by atoms with Gasteiger partial charge in [0.2, 0.25) is 5.88 Å². The third-order valence-electron chi connectivity index (χ3n) is 4.54. The van der Waals surface area contributed by atoms with E-state index in [1.54, 1.807) is 25.3 Å². The largest absolute Gasteiger partial charge is 0.481 e. The minimum absolute atomic E-state index is 0.0666. The molecule has 0 aliphatic heterocycles. The van der Waals surface area contributed by atoms with E-state index in [-0.39, 0.29) is 23.6 Å². The number of nitrogens with zero attached hydrogens (tertiary/aromatic N) is 1. The van der Waals surface area contributed by atoms with Crippen molar-refractivity contribution >= 4 is 5.91 Å². The number of carbonyl (C=O) groups excluding carboxylic acids is 1. The molecular weight excluding hydrogens is 322 g/mol. The molecule has 1 atom stereocenters. The number of H-pyrrole nitrogens is 1. The molecule has 1 amide bonds. The van der Waals surface area contributed by atoms with Crippen LogP contribution in [0.3, 0.4) is 0 Å². The predicted octanol–water partition coefficient (Wildman–Crippen LogP) is 1.33. The van der Waals surface area contributed by atoms with Crippen molar-refractivity contribution in [3.8, 4) is 5.88 Å². The minimum atomic E-state index is -0.441. The van der Waals surface area contributed by atoms with Gasteiger partial charge in [0.25, 0.3) is 11.5 Å². The second-order valence-corrected chi connectivity index (χ2v) is 6.35. The molecule has 0 radical (unpaired) electrons. The second kappa shape index (κ2) is 7.06. The predicted molar refractivity (Wildman–Crippen MR) is 91.5 cm³/mol. The zero-order chi connectivity index (χ0) is 18.0. The molecule has 1 aliphatic carbocycles. The van der Waals surface area contributed by atoms with Gasteiger partial charge in [0.1, 0.15) is 5.56 Å². The number of nitrogens with one attached hydrogen (secondary N) is 2. The van der Waals surface area contributed by atoms with Crippen LogP contribution in [0.4, 0.5) is 0 Å². The molecule has 132 valence electrons. The Morgan fingerprint density at radius 1 is 1.36 bits per heavy atom. The number of aliphatic hydroxyl groups excluding tert-OH is 1. The highest BCUT2D eigenvalue weighted by molar-refractivity contribution is 5.94. The number of ether oxygens (including phenoxy) is 1. The Labute approximate surface area is 145 Å². The van der Waals surface area contributed by atoms with E-state index in [1.807, 2.05) is 6.07 Å². The zero-order valence-corrected chi connectivity index (χ0v) is 14.2. The van der Waals surface area contributed by atoms with Crippen LogP contribution >= 0.6 is 0 Å². The minimum Gasteiger partial charge on any atom is -0.481 e. The first-order valence-corrected chi connectivity index (χ1v) is 8.16. The average Bonchev–Trinajstić information content (AvgIpc) is 2.57. The van der Waals surface area contributed by atoms with Crippen LogP contribution in [0.15, 0.2) is 35.3 Å². The average molecular weight is 343 g/mol. The van der Waals surface area contributed by atoms with Gasteiger partial charge >= 0.3 is 0 Å². The van der Waals surface area contributed by atoms with Gasteiger partial charge in [-0.1, -0.05) is 6.07 Å². The lowest BCUT2D eigenvalue weighted by molar-refractivity contribution is 0.0234. The standard InChI is InChI=1S/C18H21N3O4/c1-10-3-5-14(17(23)20-10)18(24)21-16(12-7-13(22)8-12)11-4-6-15(25-2)19-9-11/h3-6,9,12-13,16,22H,7-8H2,1-2H3,(H,20,23)(H,21,24)/t12?,13?,16-/m1/s1. The van der Waals surface area contributed by atoms with Gasteiger partial charge in [0.15, 0.2) is 0 Å². The maximum atomic E-state index is 12.6. The van der Waals surface area contributed by atoms with Crippen LogP contribution < -0.4 is 15.6 Å². The number of hydrogen-bond donors (Lipinski definition) is 3. The van der Waals surface area contributed by atoms with Gasteiger partial charge in [-0.3, -0.25) is 9.59 Å². The molecule has 1 fully saturated rings. The Balaban J connectivity index is 1.84. The molecule has 0 aromatic carbocycles. The zero-order valence-electron chi connectivity index (χ0n) is 14.2. The lowest BCUT2D eigenvalue weighted by Crippen LogP contribution is -2.42. The van der Waals surface area contributed by atoms with Gasteiger partial charge in [0.05, 0.1) is 19.3 Å². The fourth-order valence-corrected chi connectivity index (χ4v) is 3.04. The van der Waals surface area contributed by atoms with Crippen LogP contribution in [-0.2, 0) is 0 Å². The molecule has 0 unspecified atom stereocenters. The van der Waals surface area contributed by atoms with Gasteiger partial charge in [-0.25, -0.2) is 4.98 Å². The number of aromatic amines is 1. The first-order chi connectivity index (χ1) is 12.0. The Kier molecular flexibility index (Phi) is 4.85. The maximum Gasteiger partial charge on any atom is 0.260 e. The Morgan fingerprint density at radius 3 is 2.68 bits per heavy atom. The summed E-state index contributed by atoms with van der Waals surface area (Å²) in [4.78, 5) is 31.4. The number of aliphatic hydroxyl groups is 1. The monoisotopic (exact) mass is 343 g/mol. The van der Waals surface area contributed by atoms with E-state index in [2.05, 4.69) is 15.3 Å². The van der Waals surface area contributed by atoms with Crippen LogP contribution in [-0.4, -0.2) is 34.2 Å². The number of hydrogen-bond acceptors (Lipinski definition) is 5. The van der Waals surface area contributed by atoms with E-state index >= 15 is 0 Å². The van der Waals surface area contributed by atoms with Crippen LogP contribution in [0, 0.1) is 12.8 Å². The van der Waals surface area contributed by atoms with Crippen molar-refractivity contribution in [2.45, 2.75) is 31.9 Å². The van der Waals surface area contributed by atoms with Gasteiger partial charge in [-0.2, -0.15) is 0 Å². The van der Waals surface area contributed by atoms with Crippen LogP contribution in [0.25, 0.3) is 0 Å². The summed E-state index contributed by atoms with van der Waals surface area (Å²) in [5.74, 6) is 0.139. The molecule has 0 bridgehead atoms. The third kappa shape index (κ3) is 3.71. The number of rotatable bonds is 5. The first-order valence-electron chi connectivity index (χ1n) is 8.16. The number of aryl methyl sites for hydroxylation is 1. The van der Waals surface area contributed by atoms with Crippen molar-refractivity contribution < 1.29 is 14.6 Å². The fraction of sp³-hybridized carbons (Fsp3) is 0.389. The molecule has 25 heavy (non-hydrogen) atoms.